The highest BCUT2D eigenvalue weighted by molar-refractivity contribution is 5.75. The first-order valence-electron chi connectivity index (χ1n) is 48.5. The summed E-state index contributed by atoms with van der Waals surface area (Å²) in [7, 11) is 0. The normalized spacial score (nSPS) is 12.6. The van der Waals surface area contributed by atoms with Crippen molar-refractivity contribution < 1.29 is 8.22 Å². The maximum absolute atomic E-state index is 8.01. The number of hydrogen-bond acceptors (Lipinski definition) is 10. The fraction of sp³-hybridized carbons (Fsp3) is 0.293. The molecule has 15 nitrogen and oxygen atoms in total. The Morgan fingerprint density at radius 3 is 0.771 bits per heavy atom. The van der Waals surface area contributed by atoms with Crippen LogP contribution in [0, 0.1) is 69.1 Å². The van der Waals surface area contributed by atoms with Crippen molar-refractivity contribution in [1.29, 1.82) is 0 Å². The van der Waals surface area contributed by atoms with Crippen LogP contribution in [0.4, 0.5) is 0 Å². The molecule has 12 aromatic carbocycles. The van der Waals surface area contributed by atoms with Crippen LogP contribution in [0.25, 0.3) is 108 Å². The van der Waals surface area contributed by atoms with Gasteiger partial charge in [0, 0.05) is 63.1 Å². The van der Waals surface area contributed by atoms with Gasteiger partial charge in [-0.2, -0.15) is 0 Å². The molecule has 15 heteroatoms. The number of rotatable bonds is 14. The molecule has 0 aliphatic rings. The SMILES string of the molecule is CCc1cccc(CC)c1-n1c(-c2ccccc2)nnc1C(C)(C)C.Cc1cccc(-c2nnc(C(C)(C)C)n2-c2c(C)cccc2C)c1.Cc1cccc(C)c1-n1c(-c2cccc(-c3ccccc3)c2)nnc1C(C)(C)C.Cc1ccccc1-c1cccc(-c2nnc(C(C)(C)C)n2-c2c(C)cccc2C)c1.[2H]C([2H])([2H])c1cccc(C([2H])([2H])[2H])c1-n1c(-c2ccccc2)nnc1C(C)(C)C. The average molecular weight is 1740 g/mol. The highest BCUT2D eigenvalue weighted by Gasteiger charge is 2.34. The fourth-order valence-electron chi connectivity index (χ4n) is 16.8. The topological polar surface area (TPSA) is 154 Å². The van der Waals surface area contributed by atoms with Crippen LogP contribution in [-0.4, -0.2) is 73.8 Å². The van der Waals surface area contributed by atoms with Gasteiger partial charge >= 0.3 is 0 Å². The van der Waals surface area contributed by atoms with E-state index in [0.717, 1.165) is 81.7 Å². The first kappa shape index (κ1) is 86.7. The van der Waals surface area contributed by atoms with Crippen LogP contribution < -0.4 is 0 Å². The van der Waals surface area contributed by atoms with E-state index in [1.807, 2.05) is 63.2 Å². The minimum atomic E-state index is -2.51. The molecule has 670 valence electrons. The lowest BCUT2D eigenvalue weighted by Crippen LogP contribution is -2.20. The van der Waals surface area contributed by atoms with Gasteiger partial charge in [-0.15, -0.1) is 51.0 Å². The van der Waals surface area contributed by atoms with Gasteiger partial charge < -0.3 is 0 Å². The van der Waals surface area contributed by atoms with E-state index in [1.54, 1.807) is 4.57 Å². The van der Waals surface area contributed by atoms with Gasteiger partial charge in [-0.05, 0) is 184 Å². The van der Waals surface area contributed by atoms with Crippen molar-refractivity contribution in [2.24, 2.45) is 0 Å². The van der Waals surface area contributed by atoms with E-state index in [-0.39, 0.29) is 38.5 Å². The molecule has 131 heavy (non-hydrogen) atoms. The van der Waals surface area contributed by atoms with Crippen molar-refractivity contribution >= 4 is 0 Å². The standard InChI is InChI=1S/C27H29N3.C26H27N3.C22H27N3.C21H25N3.C20H23N3/c1-18-11-7-8-16-23(18)21-14-10-15-22(17-21)25-28-29-26(27(4,5)6)30(25)24-19(2)12-9-13-20(24)3;1-18-11-9-12-19(2)23(18)29-24(27-28-25(29)26(3,4)5)22-16-10-15-21(17-22)20-13-7-6-8-14-20;1-6-16-14-11-15-17(7-2)19(16)25-20(18-12-9-8-10-13-18)23-24-21(25)22(3,4)5;1-14-9-7-12-17(13-14)19-22-23-20(21(4,5)6)24(19)18-15(2)10-8-11-16(18)3;1-14-10-9-11-15(2)17(14)23-18(16-12-7-6-8-13-16)21-22-19(23)20(3,4)5/h7-17H,1-6H3;6-17H,1-5H3;8-15H,6-7H2,1-5H3;7-13H,1-6H3;6-13H,1-5H3/i;;;;1D3,2D3. The third-order valence-corrected chi connectivity index (χ3v) is 23.3. The van der Waals surface area contributed by atoms with Crippen LogP contribution in [0.5, 0.6) is 0 Å². The van der Waals surface area contributed by atoms with E-state index in [2.05, 4.69) is 440 Å². The molecule has 5 aromatic heterocycles. The monoisotopic (exact) mass is 1740 g/mol. The van der Waals surface area contributed by atoms with Gasteiger partial charge in [-0.25, -0.2) is 0 Å². The molecule has 17 rings (SSSR count). The molecular weight excluding hydrogens is 1600 g/mol. The lowest BCUT2D eigenvalue weighted by atomic mass is 9.94. The smallest absolute Gasteiger partial charge is 0.168 e. The fourth-order valence-corrected chi connectivity index (χ4v) is 16.8. The number of hydrogen-bond donors (Lipinski definition) is 0. The predicted octanol–water partition coefficient (Wildman–Crippen LogP) is 28.7. The van der Waals surface area contributed by atoms with E-state index in [4.69, 9.17) is 8.22 Å². The highest BCUT2D eigenvalue weighted by atomic mass is 15.3. The maximum atomic E-state index is 8.01. The average Bonchev–Trinajstić information content (AvgIpc) is 1.72. The number of para-hydroxylation sites is 5. The van der Waals surface area contributed by atoms with Crippen LogP contribution in [0.15, 0.2) is 279 Å². The van der Waals surface area contributed by atoms with Crippen molar-refractivity contribution in [2.45, 2.75) is 227 Å². The van der Waals surface area contributed by atoms with E-state index in [0.29, 0.717) is 17.2 Å². The lowest BCUT2D eigenvalue weighted by Gasteiger charge is -2.23. The van der Waals surface area contributed by atoms with E-state index in [9.17, 15) is 0 Å². The Labute approximate surface area is 786 Å². The summed E-state index contributed by atoms with van der Waals surface area (Å²) < 4.78 is 58.7. The Balaban J connectivity index is 0.000000145. The molecule has 0 spiro atoms. The van der Waals surface area contributed by atoms with Crippen LogP contribution in [0.3, 0.4) is 0 Å². The summed E-state index contributed by atoms with van der Waals surface area (Å²) in [6.07, 6.45) is 1.97. The summed E-state index contributed by atoms with van der Waals surface area (Å²) in [4.78, 5) is 0. The van der Waals surface area contributed by atoms with Gasteiger partial charge in [0.2, 0.25) is 0 Å². The first-order chi connectivity index (χ1) is 64.7. The van der Waals surface area contributed by atoms with Gasteiger partial charge in [-0.1, -0.05) is 384 Å². The Bertz CT molecular complexity index is 6960. The van der Waals surface area contributed by atoms with E-state index in [1.165, 1.54) is 119 Å². The zero-order valence-electron chi connectivity index (χ0n) is 87.2. The molecule has 0 unspecified atom stereocenters. The third-order valence-electron chi connectivity index (χ3n) is 23.3. The Kier molecular flexibility index (Phi) is 26.3. The number of benzene rings is 12. The second-order valence-corrected chi connectivity index (χ2v) is 39.2. The molecule has 0 radical (unpaired) electrons. The van der Waals surface area contributed by atoms with E-state index >= 15 is 0 Å². The van der Waals surface area contributed by atoms with Crippen LogP contribution in [-0.2, 0) is 39.9 Å². The van der Waals surface area contributed by atoms with Gasteiger partial charge in [-0.3, -0.25) is 22.8 Å². The first-order valence-corrected chi connectivity index (χ1v) is 45.5. The molecule has 0 bridgehead atoms. The van der Waals surface area contributed by atoms with Crippen molar-refractivity contribution in [3.05, 3.63) is 375 Å². The zero-order valence-corrected chi connectivity index (χ0v) is 81.2. The van der Waals surface area contributed by atoms with E-state index < -0.39 is 19.1 Å². The molecule has 0 fully saturated rings. The van der Waals surface area contributed by atoms with Crippen molar-refractivity contribution in [1.82, 2.24) is 73.8 Å². The second-order valence-electron chi connectivity index (χ2n) is 39.2. The zero-order chi connectivity index (χ0) is 99.2. The van der Waals surface area contributed by atoms with Crippen LogP contribution in [0.2, 0.25) is 0 Å². The molecule has 0 saturated carbocycles. The summed E-state index contributed by atoms with van der Waals surface area (Å²) in [5.74, 6) is 8.39. The predicted molar refractivity (Wildman–Crippen MR) is 544 cm³/mol. The molecule has 0 N–H and O–H groups in total. The van der Waals surface area contributed by atoms with Gasteiger partial charge in [0.1, 0.15) is 29.1 Å². The molecule has 5 heterocycles. The molecule has 17 aromatic rings. The minimum Gasteiger partial charge on any atom is -0.278 e. The molecule has 0 aliphatic carbocycles. The van der Waals surface area contributed by atoms with Gasteiger partial charge in [0.15, 0.2) is 29.1 Å². The highest BCUT2D eigenvalue weighted by Crippen LogP contribution is 2.41. The molecule has 0 saturated heterocycles. The number of nitrogens with zero attached hydrogens (tertiary/aromatic N) is 15. The third kappa shape index (κ3) is 21.1. The molecule has 0 atom stereocenters. The molecule has 0 aliphatic heterocycles. The quantitative estimate of drug-likeness (QED) is 0.103. The number of aryl methyl sites for hydroxylation is 12. The Morgan fingerprint density at radius 2 is 0.450 bits per heavy atom. The van der Waals surface area contributed by atoms with Crippen molar-refractivity contribution in [2.75, 3.05) is 0 Å². The van der Waals surface area contributed by atoms with Crippen LogP contribution in [0.1, 0.15) is 222 Å². The summed E-state index contributed by atoms with van der Waals surface area (Å²) >= 11 is 0. The van der Waals surface area contributed by atoms with Crippen molar-refractivity contribution in [3.8, 4) is 108 Å². The number of aromatic nitrogens is 15. The van der Waals surface area contributed by atoms with Crippen molar-refractivity contribution in [3.63, 3.8) is 0 Å². The minimum absolute atomic E-state index is 0.0476. The second kappa shape index (κ2) is 39.7. The van der Waals surface area contributed by atoms with Crippen LogP contribution >= 0.6 is 0 Å². The molecular formula is C116H131N15. The lowest BCUT2D eigenvalue weighted by molar-refractivity contribution is 0.532. The summed E-state index contributed by atoms with van der Waals surface area (Å²) in [6.45, 7) is 48.6. The van der Waals surface area contributed by atoms with Gasteiger partial charge in [0.05, 0.1) is 28.4 Å². The Hall–Kier alpha value is -13.7. The summed E-state index contributed by atoms with van der Waals surface area (Å²) in [6, 6.07) is 94.3. The molecule has 0 amide bonds. The Morgan fingerprint density at radius 1 is 0.214 bits per heavy atom. The van der Waals surface area contributed by atoms with Gasteiger partial charge in [0.25, 0.3) is 0 Å². The summed E-state index contributed by atoms with van der Waals surface area (Å²) in [5.41, 5.74) is 26.2. The largest absolute Gasteiger partial charge is 0.278 e. The maximum Gasteiger partial charge on any atom is 0.168 e. The summed E-state index contributed by atoms with van der Waals surface area (Å²) in [5, 5.41) is 45.6.